The van der Waals surface area contributed by atoms with Gasteiger partial charge in [0.15, 0.2) is 5.75 Å². The van der Waals surface area contributed by atoms with E-state index in [0.717, 1.165) is 5.69 Å². The standard InChI is InChI=1S/C19H13ClN2O2/c20-15-11-14-17(22(15)13-9-5-2-6-10-13)18(23)16(19(24)21-14)12-7-3-1-4-8-12/h1-11H,(H2,21,23,24). The van der Waals surface area contributed by atoms with Crippen molar-refractivity contribution in [3.05, 3.63) is 82.2 Å². The molecule has 0 spiro atoms. The Hall–Kier alpha value is -2.98. The fourth-order valence-corrected chi connectivity index (χ4v) is 3.21. The number of rotatable bonds is 2. The number of halogens is 1. The molecule has 2 aromatic carbocycles. The predicted octanol–water partition coefficient (Wildman–Crippen LogP) is 4.34. The van der Waals surface area contributed by atoms with Gasteiger partial charge >= 0.3 is 0 Å². The van der Waals surface area contributed by atoms with Crippen LogP contribution in [0.1, 0.15) is 0 Å². The van der Waals surface area contributed by atoms with Crippen LogP contribution >= 0.6 is 11.6 Å². The van der Waals surface area contributed by atoms with Gasteiger partial charge in [0.1, 0.15) is 10.7 Å². The van der Waals surface area contributed by atoms with Crippen LogP contribution in [0.3, 0.4) is 0 Å². The highest BCUT2D eigenvalue weighted by molar-refractivity contribution is 6.31. The predicted molar refractivity (Wildman–Crippen MR) is 96.0 cm³/mol. The molecule has 0 atom stereocenters. The number of benzene rings is 2. The summed E-state index contributed by atoms with van der Waals surface area (Å²) in [5.74, 6) is -0.0873. The average Bonchev–Trinajstić information content (AvgIpc) is 2.92. The van der Waals surface area contributed by atoms with E-state index >= 15 is 0 Å². The molecule has 0 saturated heterocycles. The fraction of sp³-hybridized carbons (Fsp3) is 0. The van der Waals surface area contributed by atoms with E-state index in [9.17, 15) is 9.90 Å². The van der Waals surface area contributed by atoms with Gasteiger partial charge in [-0.3, -0.25) is 9.36 Å². The van der Waals surface area contributed by atoms with Gasteiger partial charge in [-0.15, -0.1) is 0 Å². The number of pyridine rings is 1. The van der Waals surface area contributed by atoms with E-state index in [0.29, 0.717) is 21.7 Å². The molecular formula is C19H13ClN2O2. The highest BCUT2D eigenvalue weighted by Gasteiger charge is 2.19. The summed E-state index contributed by atoms with van der Waals surface area (Å²) in [5.41, 5.74) is 2.30. The van der Waals surface area contributed by atoms with Crippen molar-refractivity contribution in [2.24, 2.45) is 0 Å². The molecule has 0 unspecified atom stereocenters. The van der Waals surface area contributed by atoms with Crippen molar-refractivity contribution in [2.75, 3.05) is 0 Å². The number of hydrogen-bond donors (Lipinski definition) is 2. The van der Waals surface area contributed by atoms with Gasteiger partial charge in [0.05, 0.1) is 11.1 Å². The third kappa shape index (κ3) is 2.20. The molecule has 0 amide bonds. The molecule has 118 valence electrons. The Labute approximate surface area is 142 Å². The first-order valence-corrected chi connectivity index (χ1v) is 7.81. The van der Waals surface area contributed by atoms with Crippen molar-refractivity contribution in [3.63, 3.8) is 0 Å². The maximum Gasteiger partial charge on any atom is 0.260 e. The summed E-state index contributed by atoms with van der Waals surface area (Å²) >= 11 is 6.35. The topological polar surface area (TPSA) is 58.0 Å². The minimum Gasteiger partial charge on any atom is -0.505 e. The molecule has 5 heteroatoms. The van der Waals surface area contributed by atoms with Gasteiger partial charge in [-0.1, -0.05) is 60.1 Å². The Balaban J connectivity index is 2.10. The molecular weight excluding hydrogens is 324 g/mol. The van der Waals surface area contributed by atoms with Gasteiger partial charge in [-0.05, 0) is 23.8 Å². The minimum atomic E-state index is -0.354. The third-order valence-electron chi connectivity index (χ3n) is 3.97. The summed E-state index contributed by atoms with van der Waals surface area (Å²) in [6.07, 6.45) is 0. The Morgan fingerprint density at radius 2 is 1.58 bits per heavy atom. The summed E-state index contributed by atoms with van der Waals surface area (Å²) in [6, 6.07) is 20.2. The Bertz CT molecular complexity index is 1080. The van der Waals surface area contributed by atoms with E-state index in [1.54, 1.807) is 22.8 Å². The maximum atomic E-state index is 12.4. The van der Waals surface area contributed by atoms with Crippen molar-refractivity contribution < 1.29 is 5.11 Å². The first-order chi connectivity index (χ1) is 11.7. The highest BCUT2D eigenvalue weighted by Crippen LogP contribution is 2.36. The number of nitrogens with one attached hydrogen (secondary N) is 1. The zero-order valence-corrected chi connectivity index (χ0v) is 13.3. The zero-order chi connectivity index (χ0) is 16.7. The van der Waals surface area contributed by atoms with Gasteiger partial charge in [0, 0.05) is 5.69 Å². The minimum absolute atomic E-state index is 0.0873. The molecule has 0 aliphatic rings. The van der Waals surface area contributed by atoms with Gasteiger partial charge < -0.3 is 10.1 Å². The van der Waals surface area contributed by atoms with Crippen LogP contribution in [0.4, 0.5) is 0 Å². The van der Waals surface area contributed by atoms with Crippen LogP contribution in [0, 0.1) is 0 Å². The number of para-hydroxylation sites is 1. The number of aromatic amines is 1. The van der Waals surface area contributed by atoms with Crippen molar-refractivity contribution in [3.8, 4) is 22.6 Å². The molecule has 4 aromatic rings. The zero-order valence-electron chi connectivity index (χ0n) is 12.5. The smallest absolute Gasteiger partial charge is 0.260 e. The molecule has 2 heterocycles. The third-order valence-corrected chi connectivity index (χ3v) is 4.25. The van der Waals surface area contributed by atoms with Crippen LogP contribution < -0.4 is 5.56 Å². The molecule has 0 bridgehead atoms. The maximum absolute atomic E-state index is 12.4. The van der Waals surface area contributed by atoms with E-state index < -0.39 is 0 Å². The summed E-state index contributed by atoms with van der Waals surface area (Å²) in [5, 5.41) is 11.2. The van der Waals surface area contributed by atoms with Gasteiger partial charge in [-0.2, -0.15) is 0 Å². The molecule has 0 aliphatic carbocycles. The van der Waals surface area contributed by atoms with E-state index in [1.807, 2.05) is 48.5 Å². The van der Waals surface area contributed by atoms with Gasteiger partial charge in [0.25, 0.3) is 5.56 Å². The number of aromatic hydroxyl groups is 1. The second-order valence-electron chi connectivity index (χ2n) is 5.44. The summed E-state index contributed by atoms with van der Waals surface area (Å²) < 4.78 is 1.72. The van der Waals surface area contributed by atoms with Crippen LogP contribution in [0.5, 0.6) is 5.75 Å². The monoisotopic (exact) mass is 336 g/mol. The van der Waals surface area contributed by atoms with Crippen molar-refractivity contribution >= 4 is 22.6 Å². The number of aromatic nitrogens is 2. The van der Waals surface area contributed by atoms with Crippen molar-refractivity contribution in [2.45, 2.75) is 0 Å². The lowest BCUT2D eigenvalue weighted by Crippen LogP contribution is -2.09. The van der Waals surface area contributed by atoms with E-state index in [-0.39, 0.29) is 16.9 Å². The first-order valence-electron chi connectivity index (χ1n) is 7.44. The van der Waals surface area contributed by atoms with E-state index in [2.05, 4.69) is 4.98 Å². The molecule has 4 rings (SSSR count). The highest BCUT2D eigenvalue weighted by atomic mass is 35.5. The SMILES string of the molecule is O=c1[nH]c2cc(Cl)n(-c3ccccc3)c2c(O)c1-c1ccccc1. The number of nitrogens with zero attached hydrogens (tertiary/aromatic N) is 1. The largest absolute Gasteiger partial charge is 0.505 e. The lowest BCUT2D eigenvalue weighted by molar-refractivity contribution is 0.480. The molecule has 4 nitrogen and oxygen atoms in total. The van der Waals surface area contributed by atoms with E-state index in [4.69, 9.17) is 11.6 Å². The Kier molecular flexibility index (Phi) is 3.40. The number of H-pyrrole nitrogens is 1. The molecule has 24 heavy (non-hydrogen) atoms. The molecule has 2 N–H and O–H groups in total. The lowest BCUT2D eigenvalue weighted by Gasteiger charge is -2.10. The summed E-state index contributed by atoms with van der Waals surface area (Å²) in [7, 11) is 0. The summed E-state index contributed by atoms with van der Waals surface area (Å²) in [4.78, 5) is 15.3. The van der Waals surface area contributed by atoms with Crippen molar-refractivity contribution in [1.29, 1.82) is 0 Å². The molecule has 2 aromatic heterocycles. The van der Waals surface area contributed by atoms with Crippen LogP contribution in [0.2, 0.25) is 5.15 Å². The molecule has 0 saturated carbocycles. The fourth-order valence-electron chi connectivity index (χ4n) is 2.92. The second kappa shape index (κ2) is 5.58. The van der Waals surface area contributed by atoms with E-state index in [1.165, 1.54) is 0 Å². The lowest BCUT2D eigenvalue weighted by atomic mass is 10.1. The van der Waals surface area contributed by atoms with Crippen LogP contribution in [-0.2, 0) is 0 Å². The number of hydrogen-bond acceptors (Lipinski definition) is 2. The molecule has 0 aliphatic heterocycles. The van der Waals surface area contributed by atoms with Crippen LogP contribution in [0.25, 0.3) is 27.8 Å². The second-order valence-corrected chi connectivity index (χ2v) is 5.83. The van der Waals surface area contributed by atoms with Crippen molar-refractivity contribution in [1.82, 2.24) is 9.55 Å². The number of fused-ring (bicyclic) bond motifs is 1. The first kappa shape index (κ1) is 14.6. The average molecular weight is 337 g/mol. The Morgan fingerprint density at radius 3 is 2.25 bits per heavy atom. The summed E-state index contributed by atoms with van der Waals surface area (Å²) in [6.45, 7) is 0. The van der Waals surface area contributed by atoms with Gasteiger partial charge in [0.2, 0.25) is 0 Å². The normalized spacial score (nSPS) is 11.0. The molecule has 0 fully saturated rings. The Morgan fingerprint density at radius 1 is 0.958 bits per heavy atom. The molecule has 0 radical (unpaired) electrons. The van der Waals surface area contributed by atoms with Crippen LogP contribution in [0.15, 0.2) is 71.5 Å². The van der Waals surface area contributed by atoms with Crippen LogP contribution in [-0.4, -0.2) is 14.7 Å². The van der Waals surface area contributed by atoms with Gasteiger partial charge in [-0.25, -0.2) is 0 Å². The quantitative estimate of drug-likeness (QED) is 0.572.